The molecule has 2 saturated heterocycles. The van der Waals surface area contributed by atoms with E-state index in [4.69, 9.17) is 18.8 Å². The monoisotopic (exact) mass is 591 g/mol. The van der Waals surface area contributed by atoms with Crippen LogP contribution in [0.1, 0.15) is 69.3 Å². The second kappa shape index (κ2) is 15.3. The van der Waals surface area contributed by atoms with Crippen molar-refractivity contribution >= 4 is 18.8 Å². The molecular weight excluding hydrogens is 558 g/mol. The Morgan fingerprint density at radius 3 is 1.70 bits per heavy atom. The van der Waals surface area contributed by atoms with Crippen LogP contribution in [0.5, 0.6) is 0 Å². The van der Waals surface area contributed by atoms with Crippen molar-refractivity contribution in [2.24, 2.45) is 11.8 Å². The largest absolute Gasteiger partial charge is 0.662 e. The van der Waals surface area contributed by atoms with Crippen LogP contribution in [0.3, 0.4) is 0 Å². The first kappa shape index (κ1) is 23.7. The van der Waals surface area contributed by atoms with E-state index in [1.165, 1.54) is 63.4 Å². The van der Waals surface area contributed by atoms with Gasteiger partial charge in [0, 0.05) is 0 Å². The summed E-state index contributed by atoms with van der Waals surface area (Å²) in [5.74, 6) is 2.89. The summed E-state index contributed by atoms with van der Waals surface area (Å²) in [6.45, 7) is 4.42. The van der Waals surface area contributed by atoms with Crippen LogP contribution in [-0.2, 0) is 16.5 Å². The maximum atomic E-state index is 4.88. The van der Waals surface area contributed by atoms with Crippen LogP contribution in [0, 0.1) is 11.8 Å². The SMILES string of the molecule is C1CCC(C2CC[N-]CC2)CC1.[Cl][Pt+2][Cl].c1ccc(C2CC[N-]CC2)cc1. The molecule has 0 unspecified atom stereocenters. The van der Waals surface area contributed by atoms with Gasteiger partial charge < -0.3 is 10.6 Å². The van der Waals surface area contributed by atoms with Crippen LogP contribution in [0.2, 0.25) is 0 Å². The van der Waals surface area contributed by atoms with Crippen LogP contribution in [0.25, 0.3) is 10.6 Å². The van der Waals surface area contributed by atoms with E-state index in [1.807, 2.05) is 0 Å². The van der Waals surface area contributed by atoms with E-state index >= 15 is 0 Å². The van der Waals surface area contributed by atoms with Gasteiger partial charge in [-0.15, -0.1) is 26.2 Å². The number of hydrogen-bond donors (Lipinski definition) is 0. The van der Waals surface area contributed by atoms with Crippen LogP contribution in [-0.4, -0.2) is 26.2 Å². The predicted octanol–water partition coefficient (Wildman–Crippen LogP) is 7.66. The van der Waals surface area contributed by atoms with Crippen LogP contribution < -0.4 is 0 Å². The molecule has 3 aliphatic rings. The van der Waals surface area contributed by atoms with Gasteiger partial charge in [0.2, 0.25) is 0 Å². The Morgan fingerprint density at radius 1 is 0.667 bits per heavy atom. The normalized spacial score (nSPS) is 22.3. The molecule has 0 amide bonds. The fourth-order valence-electron chi connectivity index (χ4n) is 4.66. The quantitative estimate of drug-likeness (QED) is 0.338. The molecule has 1 aromatic carbocycles. The number of halogens is 2. The summed E-state index contributed by atoms with van der Waals surface area (Å²) in [5, 5.41) is 8.77. The van der Waals surface area contributed by atoms with Gasteiger partial charge in [-0.05, 0) is 23.3 Å². The van der Waals surface area contributed by atoms with E-state index in [1.54, 1.807) is 0 Å². The van der Waals surface area contributed by atoms with Crippen LogP contribution in [0.4, 0.5) is 0 Å². The molecule has 3 fully saturated rings. The van der Waals surface area contributed by atoms with Gasteiger partial charge in [0.1, 0.15) is 0 Å². The number of piperidine rings is 2. The van der Waals surface area contributed by atoms with Gasteiger partial charge in [-0.25, -0.2) is 0 Å². The molecule has 0 radical (unpaired) electrons. The molecular formula is C22H34Cl2N2Pt. The van der Waals surface area contributed by atoms with Gasteiger partial charge in [-0.3, -0.25) is 0 Å². The van der Waals surface area contributed by atoms with E-state index in [2.05, 4.69) is 41.0 Å². The average molecular weight is 593 g/mol. The van der Waals surface area contributed by atoms with Crippen molar-refractivity contribution in [3.05, 3.63) is 46.5 Å². The first-order valence-electron chi connectivity index (χ1n) is 10.5. The van der Waals surface area contributed by atoms with Crippen molar-refractivity contribution in [1.82, 2.24) is 0 Å². The molecule has 2 nitrogen and oxygen atoms in total. The zero-order chi connectivity index (χ0) is 19.2. The molecule has 1 aliphatic carbocycles. The summed E-state index contributed by atoms with van der Waals surface area (Å²) in [6.07, 6.45) is 12.8. The Kier molecular flexibility index (Phi) is 13.4. The fraction of sp³-hybridized carbons (Fsp3) is 0.727. The van der Waals surface area contributed by atoms with Crippen molar-refractivity contribution in [2.75, 3.05) is 26.2 Å². The molecule has 0 N–H and O–H groups in total. The summed E-state index contributed by atoms with van der Waals surface area (Å²) in [5.41, 5.74) is 1.49. The third-order valence-electron chi connectivity index (χ3n) is 6.17. The Balaban J connectivity index is 0.000000170. The molecule has 2 heterocycles. The van der Waals surface area contributed by atoms with E-state index in [-0.39, 0.29) is 0 Å². The van der Waals surface area contributed by atoms with Crippen molar-refractivity contribution in [2.45, 2.75) is 63.7 Å². The van der Waals surface area contributed by atoms with Crippen molar-refractivity contribution in [3.63, 3.8) is 0 Å². The number of nitrogens with zero attached hydrogens (tertiary/aromatic N) is 2. The Bertz CT molecular complexity index is 441. The summed E-state index contributed by atoms with van der Waals surface area (Å²) in [4.78, 5) is 0. The van der Waals surface area contributed by atoms with Gasteiger partial charge in [-0.2, -0.15) is 0 Å². The second-order valence-electron chi connectivity index (χ2n) is 7.81. The minimum atomic E-state index is -0.472. The van der Waals surface area contributed by atoms with Crippen molar-refractivity contribution < 1.29 is 16.5 Å². The van der Waals surface area contributed by atoms with E-state index in [0.717, 1.165) is 43.9 Å². The maximum Gasteiger partial charge on any atom is -0.0195 e. The summed E-state index contributed by atoms with van der Waals surface area (Å²) < 4.78 is 0. The first-order valence-corrected chi connectivity index (χ1v) is 16.1. The molecule has 0 aromatic heterocycles. The van der Waals surface area contributed by atoms with Crippen LogP contribution >= 0.6 is 18.8 Å². The van der Waals surface area contributed by atoms with E-state index < -0.39 is 16.5 Å². The smallest absolute Gasteiger partial charge is 0.0195 e. The minimum Gasteiger partial charge on any atom is -0.662 e. The molecule has 0 bridgehead atoms. The van der Waals surface area contributed by atoms with Crippen molar-refractivity contribution in [3.8, 4) is 0 Å². The topological polar surface area (TPSA) is 28.2 Å². The summed E-state index contributed by atoms with van der Waals surface area (Å²) in [6, 6.07) is 10.8. The molecule has 2 aliphatic heterocycles. The van der Waals surface area contributed by atoms with E-state index in [9.17, 15) is 0 Å². The first-order chi connectivity index (χ1) is 13.3. The summed E-state index contributed by atoms with van der Waals surface area (Å²) >= 11 is -0.472. The number of benzene rings is 1. The zero-order valence-electron chi connectivity index (χ0n) is 16.3. The number of hydrogen-bond acceptors (Lipinski definition) is 0. The zero-order valence-corrected chi connectivity index (χ0v) is 20.1. The van der Waals surface area contributed by atoms with Gasteiger partial charge in [-0.1, -0.05) is 88.1 Å². The van der Waals surface area contributed by atoms with Gasteiger partial charge in [0.25, 0.3) is 0 Å². The number of rotatable bonds is 2. The Labute approximate surface area is 182 Å². The minimum absolute atomic E-state index is 0.472. The average Bonchev–Trinajstić information content (AvgIpc) is 2.77. The standard InChI is InChI=1S/C11H20N.C11H14N.2ClH.Pt/c2*1-2-4-10(5-3-1)11-6-8-12-9-7-11;;;/h10-11H,1-9H2;1-5,11H,6-9H2;2*1H;/q2*-1;;;+4/p-2. The van der Waals surface area contributed by atoms with Crippen LogP contribution in [0.15, 0.2) is 30.3 Å². The van der Waals surface area contributed by atoms with Crippen molar-refractivity contribution in [1.29, 1.82) is 0 Å². The van der Waals surface area contributed by atoms with Gasteiger partial charge >= 0.3 is 35.3 Å². The maximum absolute atomic E-state index is 4.88. The Morgan fingerprint density at radius 2 is 1.15 bits per heavy atom. The van der Waals surface area contributed by atoms with E-state index in [0.29, 0.717) is 0 Å². The molecule has 1 saturated carbocycles. The second-order valence-corrected chi connectivity index (χ2v) is 11.1. The molecule has 0 atom stereocenters. The third kappa shape index (κ3) is 9.64. The molecule has 1 aromatic rings. The van der Waals surface area contributed by atoms with Gasteiger partial charge in [0.05, 0.1) is 0 Å². The van der Waals surface area contributed by atoms with Gasteiger partial charge in [0.15, 0.2) is 0 Å². The Hall–Kier alpha value is 0.408. The molecule has 0 spiro atoms. The third-order valence-corrected chi connectivity index (χ3v) is 6.17. The fourth-order valence-corrected chi connectivity index (χ4v) is 4.66. The predicted molar refractivity (Wildman–Crippen MR) is 116 cm³/mol. The molecule has 4 rings (SSSR count). The molecule has 156 valence electrons. The molecule has 27 heavy (non-hydrogen) atoms. The summed E-state index contributed by atoms with van der Waals surface area (Å²) in [7, 11) is 9.75. The molecule has 5 heteroatoms.